The van der Waals surface area contributed by atoms with E-state index in [0.29, 0.717) is 0 Å². The molecule has 1 unspecified atom stereocenters. The van der Waals surface area contributed by atoms with Crippen LogP contribution >= 0.6 is 0 Å². The molecule has 6 nitrogen and oxygen atoms in total. The van der Waals surface area contributed by atoms with Crippen molar-refractivity contribution in [2.75, 3.05) is 6.54 Å². The fourth-order valence-corrected chi connectivity index (χ4v) is 1.42. The quantitative estimate of drug-likeness (QED) is 0.572. The highest BCUT2D eigenvalue weighted by molar-refractivity contribution is 6.02. The molecule has 0 bridgehead atoms. The van der Waals surface area contributed by atoms with Crippen molar-refractivity contribution in [1.82, 2.24) is 0 Å². The van der Waals surface area contributed by atoms with Crippen LogP contribution in [0.15, 0.2) is 18.2 Å². The van der Waals surface area contributed by atoms with Crippen LogP contribution in [0.1, 0.15) is 32.3 Å². The summed E-state index contributed by atoms with van der Waals surface area (Å²) in [4.78, 5) is 21.9. The second kappa shape index (κ2) is 4.73. The number of nitrogens with two attached hydrogens (primary N) is 2. The van der Waals surface area contributed by atoms with Crippen molar-refractivity contribution < 1.29 is 19.8 Å². The van der Waals surface area contributed by atoms with Gasteiger partial charge in [-0.2, -0.15) is 0 Å². The lowest BCUT2D eigenvalue weighted by Crippen LogP contribution is -2.24. The van der Waals surface area contributed by atoms with Gasteiger partial charge in [-0.3, -0.25) is 0 Å². The molecule has 0 aliphatic heterocycles. The molecule has 0 aliphatic rings. The molecule has 0 radical (unpaired) electrons. The van der Waals surface area contributed by atoms with Gasteiger partial charge in [0, 0.05) is 12.6 Å². The first-order chi connectivity index (χ1) is 7.49. The average Bonchev–Trinajstić information content (AvgIpc) is 2.26. The summed E-state index contributed by atoms with van der Waals surface area (Å²) >= 11 is 0. The van der Waals surface area contributed by atoms with E-state index >= 15 is 0 Å². The lowest BCUT2D eigenvalue weighted by Gasteiger charge is -2.13. The Morgan fingerprint density at radius 2 is 1.88 bits per heavy atom. The summed E-state index contributed by atoms with van der Waals surface area (Å²) in [6, 6.07) is 3.44. The number of carboxylic acid groups (broad SMARTS) is 2. The molecule has 0 saturated carbocycles. The van der Waals surface area contributed by atoms with Crippen molar-refractivity contribution in [2.24, 2.45) is 11.5 Å². The number of benzene rings is 1. The zero-order chi connectivity index (χ0) is 12.3. The summed E-state index contributed by atoms with van der Waals surface area (Å²) in [5.41, 5.74) is 10.6. The monoisotopic (exact) mass is 224 g/mol. The Labute approximate surface area is 91.5 Å². The Hall–Kier alpha value is -1.92. The number of carbonyl (C=O) groups is 2. The third kappa shape index (κ3) is 2.18. The molecule has 0 heterocycles. The van der Waals surface area contributed by atoms with Crippen LogP contribution in [0.3, 0.4) is 0 Å². The van der Waals surface area contributed by atoms with E-state index in [1.807, 2.05) is 0 Å². The lowest BCUT2D eigenvalue weighted by molar-refractivity contribution is 0.0650. The molecule has 1 rings (SSSR count). The van der Waals surface area contributed by atoms with Crippen LogP contribution < -0.4 is 11.5 Å². The standard InChI is InChI=1S/C10H12N2O4/c11-4-7(12)5-2-1-3-6(9(13)14)8(5)10(15)16/h1-3,7H,4,11-12H2,(H,13,14)(H,15,16). The van der Waals surface area contributed by atoms with E-state index in [4.69, 9.17) is 21.7 Å². The van der Waals surface area contributed by atoms with Crippen LogP contribution in [-0.2, 0) is 0 Å². The van der Waals surface area contributed by atoms with Crippen molar-refractivity contribution in [3.05, 3.63) is 34.9 Å². The third-order valence-corrected chi connectivity index (χ3v) is 2.19. The first-order valence-electron chi connectivity index (χ1n) is 4.54. The molecule has 0 spiro atoms. The molecule has 1 atom stereocenters. The van der Waals surface area contributed by atoms with Gasteiger partial charge < -0.3 is 21.7 Å². The largest absolute Gasteiger partial charge is 0.478 e. The maximum Gasteiger partial charge on any atom is 0.336 e. The van der Waals surface area contributed by atoms with Crippen LogP contribution in [0.5, 0.6) is 0 Å². The Kier molecular flexibility index (Phi) is 3.60. The Bertz CT molecular complexity index is 431. The van der Waals surface area contributed by atoms with Crippen LogP contribution in [0, 0.1) is 0 Å². The van der Waals surface area contributed by atoms with E-state index in [-0.39, 0.29) is 23.2 Å². The SMILES string of the molecule is NCC(N)c1cccc(C(=O)O)c1C(=O)O. The molecular weight excluding hydrogens is 212 g/mol. The third-order valence-electron chi connectivity index (χ3n) is 2.19. The minimum Gasteiger partial charge on any atom is -0.478 e. The zero-order valence-electron chi connectivity index (χ0n) is 8.38. The molecular formula is C10H12N2O4. The van der Waals surface area contributed by atoms with E-state index in [1.54, 1.807) is 0 Å². The zero-order valence-corrected chi connectivity index (χ0v) is 8.38. The van der Waals surface area contributed by atoms with Gasteiger partial charge in [-0.05, 0) is 11.6 Å². The topological polar surface area (TPSA) is 127 Å². The van der Waals surface area contributed by atoms with E-state index in [2.05, 4.69) is 0 Å². The molecule has 0 amide bonds. The summed E-state index contributed by atoms with van der Waals surface area (Å²) in [5.74, 6) is -2.62. The van der Waals surface area contributed by atoms with E-state index in [1.165, 1.54) is 18.2 Å². The van der Waals surface area contributed by atoms with Gasteiger partial charge in [0.15, 0.2) is 0 Å². The molecule has 1 aromatic carbocycles. The van der Waals surface area contributed by atoms with Crippen molar-refractivity contribution in [2.45, 2.75) is 6.04 Å². The molecule has 0 fully saturated rings. The van der Waals surface area contributed by atoms with E-state index in [9.17, 15) is 9.59 Å². The summed E-state index contributed by atoms with van der Waals surface area (Å²) < 4.78 is 0. The fourth-order valence-electron chi connectivity index (χ4n) is 1.42. The highest BCUT2D eigenvalue weighted by Crippen LogP contribution is 2.20. The predicted molar refractivity (Wildman–Crippen MR) is 56.3 cm³/mol. The van der Waals surface area contributed by atoms with Crippen molar-refractivity contribution in [3.8, 4) is 0 Å². The highest BCUT2D eigenvalue weighted by Gasteiger charge is 2.22. The average molecular weight is 224 g/mol. The second-order valence-electron chi connectivity index (χ2n) is 3.22. The van der Waals surface area contributed by atoms with Crippen LogP contribution in [0.25, 0.3) is 0 Å². The van der Waals surface area contributed by atoms with Crippen LogP contribution in [0.2, 0.25) is 0 Å². The first kappa shape index (κ1) is 12.2. The van der Waals surface area contributed by atoms with Gasteiger partial charge in [0.25, 0.3) is 0 Å². The Morgan fingerprint density at radius 3 is 2.31 bits per heavy atom. The van der Waals surface area contributed by atoms with Gasteiger partial charge in [-0.15, -0.1) is 0 Å². The van der Waals surface area contributed by atoms with Crippen molar-refractivity contribution in [3.63, 3.8) is 0 Å². The van der Waals surface area contributed by atoms with Crippen LogP contribution in [0.4, 0.5) is 0 Å². The van der Waals surface area contributed by atoms with Crippen LogP contribution in [-0.4, -0.2) is 28.7 Å². The number of carboxylic acids is 2. The maximum atomic E-state index is 11.0. The van der Waals surface area contributed by atoms with Gasteiger partial charge in [0.05, 0.1) is 11.1 Å². The van der Waals surface area contributed by atoms with Gasteiger partial charge in [-0.1, -0.05) is 12.1 Å². The number of rotatable bonds is 4. The number of hydrogen-bond acceptors (Lipinski definition) is 4. The summed E-state index contributed by atoms with van der Waals surface area (Å²) in [7, 11) is 0. The van der Waals surface area contributed by atoms with Gasteiger partial charge >= 0.3 is 11.9 Å². The van der Waals surface area contributed by atoms with Gasteiger partial charge in [0.2, 0.25) is 0 Å². The predicted octanol–water partition coefficient (Wildman–Crippen LogP) is 0.0415. The smallest absolute Gasteiger partial charge is 0.336 e. The molecule has 16 heavy (non-hydrogen) atoms. The molecule has 86 valence electrons. The number of hydrogen-bond donors (Lipinski definition) is 4. The Balaban J connectivity index is 3.44. The molecule has 0 aromatic heterocycles. The summed E-state index contributed by atoms with van der Waals surface area (Å²) in [6.07, 6.45) is 0. The van der Waals surface area contributed by atoms with E-state index in [0.717, 1.165) is 0 Å². The summed E-state index contributed by atoms with van der Waals surface area (Å²) in [6.45, 7) is 0.0450. The molecule has 6 heteroatoms. The van der Waals surface area contributed by atoms with E-state index < -0.39 is 18.0 Å². The van der Waals surface area contributed by atoms with Gasteiger partial charge in [0.1, 0.15) is 0 Å². The number of aromatic carboxylic acids is 2. The van der Waals surface area contributed by atoms with Crippen molar-refractivity contribution >= 4 is 11.9 Å². The minimum absolute atomic E-state index is 0.0450. The fraction of sp³-hybridized carbons (Fsp3) is 0.200. The normalized spacial score (nSPS) is 12.1. The molecule has 6 N–H and O–H groups in total. The van der Waals surface area contributed by atoms with Gasteiger partial charge in [-0.25, -0.2) is 9.59 Å². The first-order valence-corrected chi connectivity index (χ1v) is 4.54. The van der Waals surface area contributed by atoms with Crippen molar-refractivity contribution in [1.29, 1.82) is 0 Å². The lowest BCUT2D eigenvalue weighted by atomic mass is 9.96. The summed E-state index contributed by atoms with van der Waals surface area (Å²) in [5, 5.41) is 17.8. The molecule has 0 saturated heterocycles. The maximum absolute atomic E-state index is 11.0. The highest BCUT2D eigenvalue weighted by atomic mass is 16.4. The molecule has 1 aromatic rings. The minimum atomic E-state index is -1.32. The second-order valence-corrected chi connectivity index (χ2v) is 3.22. The Morgan fingerprint density at radius 1 is 1.25 bits per heavy atom. The molecule has 0 aliphatic carbocycles.